The zero-order chi connectivity index (χ0) is 14.5. The molecule has 0 radical (unpaired) electrons. The van der Waals surface area contributed by atoms with Crippen molar-refractivity contribution in [2.45, 2.75) is 31.8 Å². The third-order valence-corrected chi connectivity index (χ3v) is 3.94. The monoisotopic (exact) mass is 277 g/mol. The maximum Gasteiger partial charge on any atom is 0.322 e. The Morgan fingerprint density at radius 1 is 1.45 bits per heavy atom. The minimum absolute atomic E-state index is 0.0338. The Bertz CT molecular complexity index is 447. The highest BCUT2D eigenvalue weighted by Gasteiger charge is 2.27. The number of aliphatic hydroxyl groups excluding tert-OH is 1. The fourth-order valence-corrected chi connectivity index (χ4v) is 2.51. The summed E-state index contributed by atoms with van der Waals surface area (Å²) >= 11 is 0. The van der Waals surface area contributed by atoms with Gasteiger partial charge in [0.05, 0.1) is 12.6 Å². The molecule has 2 amide bonds. The summed E-state index contributed by atoms with van der Waals surface area (Å²) in [6.45, 7) is 2.83. The molecular weight excluding hydrogens is 254 g/mol. The normalized spacial score (nSPS) is 19.9. The number of hydrogen-bond donors (Lipinski definition) is 3. The molecule has 5 heteroatoms. The van der Waals surface area contributed by atoms with Gasteiger partial charge in [0, 0.05) is 18.3 Å². The zero-order valence-electron chi connectivity index (χ0n) is 12.1. The molecule has 0 bridgehead atoms. The van der Waals surface area contributed by atoms with Gasteiger partial charge in [-0.3, -0.25) is 0 Å². The van der Waals surface area contributed by atoms with Crippen molar-refractivity contribution in [3.8, 4) is 0 Å². The Hall–Kier alpha value is -1.59. The van der Waals surface area contributed by atoms with Crippen molar-refractivity contribution in [2.75, 3.05) is 25.5 Å². The van der Waals surface area contributed by atoms with E-state index in [9.17, 15) is 9.90 Å². The van der Waals surface area contributed by atoms with Gasteiger partial charge in [-0.2, -0.15) is 0 Å². The zero-order valence-corrected chi connectivity index (χ0v) is 12.1. The number of carbonyl (C=O) groups is 1. The Morgan fingerprint density at radius 2 is 2.15 bits per heavy atom. The van der Waals surface area contributed by atoms with Gasteiger partial charge in [0.2, 0.25) is 0 Å². The molecule has 0 aliphatic carbocycles. The minimum Gasteiger partial charge on any atom is -0.394 e. The average molecular weight is 277 g/mol. The maximum absolute atomic E-state index is 12.2. The number of hydrogen-bond acceptors (Lipinski definition) is 3. The van der Waals surface area contributed by atoms with Crippen LogP contribution in [0.4, 0.5) is 10.5 Å². The molecule has 110 valence electrons. The second-order valence-corrected chi connectivity index (χ2v) is 5.23. The molecule has 0 aromatic heterocycles. The van der Waals surface area contributed by atoms with E-state index in [2.05, 4.69) is 17.6 Å². The van der Waals surface area contributed by atoms with Gasteiger partial charge in [-0.05, 0) is 44.5 Å². The minimum atomic E-state index is -0.129. The standard InChI is InChI=1S/C15H23N3O2/c1-11(16-2)12-5-7-13(8-6-12)17-15(20)18-9-3-4-14(18)10-19/h5-8,11,14,16,19H,3-4,9-10H2,1-2H3,(H,17,20). The topological polar surface area (TPSA) is 64.6 Å². The molecular formula is C15H23N3O2. The number of carbonyl (C=O) groups excluding carboxylic acids is 1. The van der Waals surface area contributed by atoms with E-state index in [1.807, 2.05) is 31.3 Å². The molecule has 1 heterocycles. The summed E-state index contributed by atoms with van der Waals surface area (Å²) in [5, 5.41) is 15.3. The molecule has 1 fully saturated rings. The van der Waals surface area contributed by atoms with E-state index in [0.717, 1.165) is 18.5 Å². The Morgan fingerprint density at radius 3 is 2.75 bits per heavy atom. The summed E-state index contributed by atoms with van der Waals surface area (Å²) in [5.74, 6) is 0. The first-order valence-electron chi connectivity index (χ1n) is 7.11. The van der Waals surface area contributed by atoms with Gasteiger partial charge in [0.1, 0.15) is 0 Å². The number of nitrogens with one attached hydrogen (secondary N) is 2. The van der Waals surface area contributed by atoms with Crippen molar-refractivity contribution < 1.29 is 9.90 Å². The highest BCUT2D eigenvalue weighted by Crippen LogP contribution is 2.20. The van der Waals surface area contributed by atoms with Crippen LogP contribution in [0.1, 0.15) is 31.4 Å². The smallest absolute Gasteiger partial charge is 0.322 e. The summed E-state index contributed by atoms with van der Waals surface area (Å²) in [6.07, 6.45) is 1.83. The molecule has 2 unspecified atom stereocenters. The van der Waals surface area contributed by atoms with Crippen molar-refractivity contribution in [1.82, 2.24) is 10.2 Å². The fourth-order valence-electron chi connectivity index (χ4n) is 2.51. The van der Waals surface area contributed by atoms with Gasteiger partial charge in [0.25, 0.3) is 0 Å². The lowest BCUT2D eigenvalue weighted by atomic mass is 10.1. The van der Waals surface area contributed by atoms with Crippen LogP contribution in [0.2, 0.25) is 0 Å². The van der Waals surface area contributed by atoms with E-state index in [1.165, 1.54) is 5.56 Å². The molecule has 1 aliphatic rings. The quantitative estimate of drug-likeness (QED) is 0.788. The third-order valence-electron chi connectivity index (χ3n) is 3.94. The van der Waals surface area contributed by atoms with Gasteiger partial charge in [0.15, 0.2) is 0 Å². The maximum atomic E-state index is 12.2. The van der Waals surface area contributed by atoms with E-state index in [1.54, 1.807) is 4.90 Å². The Kier molecular flexibility index (Phi) is 4.98. The summed E-state index contributed by atoms with van der Waals surface area (Å²) in [4.78, 5) is 13.9. The highest BCUT2D eigenvalue weighted by molar-refractivity contribution is 5.89. The van der Waals surface area contributed by atoms with Gasteiger partial charge >= 0.3 is 6.03 Å². The molecule has 1 aliphatic heterocycles. The average Bonchev–Trinajstić information content (AvgIpc) is 2.95. The largest absolute Gasteiger partial charge is 0.394 e. The Labute approximate surface area is 120 Å². The van der Waals surface area contributed by atoms with Crippen molar-refractivity contribution in [2.24, 2.45) is 0 Å². The number of amides is 2. The van der Waals surface area contributed by atoms with Crippen LogP contribution in [0.5, 0.6) is 0 Å². The first-order chi connectivity index (χ1) is 9.65. The lowest BCUT2D eigenvalue weighted by molar-refractivity contribution is 0.166. The second-order valence-electron chi connectivity index (χ2n) is 5.23. The molecule has 1 saturated heterocycles. The molecule has 20 heavy (non-hydrogen) atoms. The van der Waals surface area contributed by atoms with Gasteiger partial charge in [-0.15, -0.1) is 0 Å². The highest BCUT2D eigenvalue weighted by atomic mass is 16.3. The van der Waals surface area contributed by atoms with Gasteiger partial charge in [-0.25, -0.2) is 4.79 Å². The van der Waals surface area contributed by atoms with Crippen LogP contribution in [-0.4, -0.2) is 42.3 Å². The summed E-state index contributed by atoms with van der Waals surface area (Å²) in [7, 11) is 1.92. The number of urea groups is 1. The van der Waals surface area contributed by atoms with Crippen molar-refractivity contribution in [3.63, 3.8) is 0 Å². The number of rotatable bonds is 4. The van der Waals surface area contributed by atoms with E-state index >= 15 is 0 Å². The number of likely N-dealkylation sites (tertiary alicyclic amines) is 1. The summed E-state index contributed by atoms with van der Waals surface area (Å²) in [6, 6.07) is 7.94. The SMILES string of the molecule is CNC(C)c1ccc(NC(=O)N2CCCC2CO)cc1. The van der Waals surface area contributed by atoms with Gasteiger partial charge in [-0.1, -0.05) is 12.1 Å². The van der Waals surface area contributed by atoms with Crippen LogP contribution in [0.15, 0.2) is 24.3 Å². The van der Waals surface area contributed by atoms with E-state index in [-0.39, 0.29) is 24.7 Å². The van der Waals surface area contributed by atoms with Crippen LogP contribution in [0.3, 0.4) is 0 Å². The van der Waals surface area contributed by atoms with Crippen LogP contribution >= 0.6 is 0 Å². The second kappa shape index (κ2) is 6.72. The number of aliphatic hydroxyl groups is 1. The van der Waals surface area contributed by atoms with E-state index in [0.29, 0.717) is 6.54 Å². The first-order valence-corrected chi connectivity index (χ1v) is 7.11. The van der Waals surface area contributed by atoms with Crippen molar-refractivity contribution >= 4 is 11.7 Å². The van der Waals surface area contributed by atoms with Crippen LogP contribution in [0, 0.1) is 0 Å². The van der Waals surface area contributed by atoms with Crippen molar-refractivity contribution in [3.05, 3.63) is 29.8 Å². The van der Waals surface area contributed by atoms with E-state index in [4.69, 9.17) is 0 Å². The lowest BCUT2D eigenvalue weighted by Crippen LogP contribution is -2.40. The fraction of sp³-hybridized carbons (Fsp3) is 0.533. The van der Waals surface area contributed by atoms with E-state index < -0.39 is 0 Å². The van der Waals surface area contributed by atoms with Crippen LogP contribution in [-0.2, 0) is 0 Å². The molecule has 1 aromatic rings. The molecule has 3 N–H and O–H groups in total. The number of anilines is 1. The number of benzene rings is 1. The molecule has 0 spiro atoms. The summed E-state index contributed by atoms with van der Waals surface area (Å²) < 4.78 is 0. The molecule has 2 rings (SSSR count). The number of nitrogens with zero attached hydrogens (tertiary/aromatic N) is 1. The summed E-state index contributed by atoms with van der Waals surface area (Å²) in [5.41, 5.74) is 1.96. The van der Waals surface area contributed by atoms with Crippen LogP contribution in [0.25, 0.3) is 0 Å². The van der Waals surface area contributed by atoms with Crippen LogP contribution < -0.4 is 10.6 Å². The first kappa shape index (κ1) is 14.8. The molecule has 5 nitrogen and oxygen atoms in total. The third kappa shape index (κ3) is 3.29. The van der Waals surface area contributed by atoms with Crippen molar-refractivity contribution in [1.29, 1.82) is 0 Å². The predicted molar refractivity (Wildman–Crippen MR) is 79.7 cm³/mol. The molecule has 1 aromatic carbocycles. The molecule has 0 saturated carbocycles. The Balaban J connectivity index is 1.97. The molecule has 2 atom stereocenters. The lowest BCUT2D eigenvalue weighted by Gasteiger charge is -2.23. The van der Waals surface area contributed by atoms with Gasteiger partial charge < -0.3 is 20.6 Å². The predicted octanol–water partition coefficient (Wildman–Crippen LogP) is 1.96.